The smallest absolute Gasteiger partial charge is 0.329 e. The van der Waals surface area contributed by atoms with Crippen LogP contribution < -0.4 is 0 Å². The van der Waals surface area contributed by atoms with Crippen molar-refractivity contribution in [2.75, 3.05) is 26.4 Å². The molecule has 0 unspecified atom stereocenters. The second-order valence-electron chi connectivity index (χ2n) is 5.18. The van der Waals surface area contributed by atoms with Gasteiger partial charge in [-0.3, -0.25) is 0 Å². The summed E-state index contributed by atoms with van der Waals surface area (Å²) in [5.74, 6) is -0.883. The molecule has 0 fully saturated rings. The Hall–Kier alpha value is -0.610. The summed E-state index contributed by atoms with van der Waals surface area (Å²) >= 11 is 0. The first kappa shape index (κ1) is 19.4. The fourth-order valence-electron chi connectivity index (χ4n) is 2.13. The lowest BCUT2D eigenvalue weighted by molar-refractivity contribution is -0.142. The average Bonchev–Trinajstić information content (AvgIpc) is 2.43. The van der Waals surface area contributed by atoms with Gasteiger partial charge in [-0.05, 0) is 19.8 Å². The number of carboxylic acids is 1. The highest BCUT2D eigenvalue weighted by atomic mass is 16.5. The maximum absolute atomic E-state index is 10.2. The van der Waals surface area contributed by atoms with Gasteiger partial charge in [0.2, 0.25) is 0 Å². The van der Waals surface area contributed by atoms with Crippen LogP contribution in [-0.2, 0) is 14.3 Å². The van der Waals surface area contributed by atoms with E-state index < -0.39 is 5.97 Å². The Kier molecular flexibility index (Phi) is 15.9. The van der Waals surface area contributed by atoms with Gasteiger partial charge < -0.3 is 14.6 Å². The predicted molar refractivity (Wildman–Crippen MR) is 81.1 cm³/mol. The van der Waals surface area contributed by atoms with Crippen molar-refractivity contribution >= 4 is 5.97 Å². The Morgan fingerprint density at radius 1 is 0.750 bits per heavy atom. The molecule has 0 aromatic carbocycles. The van der Waals surface area contributed by atoms with E-state index in [1.54, 1.807) is 0 Å². The van der Waals surface area contributed by atoms with Crippen LogP contribution in [0.4, 0.5) is 0 Å². The summed E-state index contributed by atoms with van der Waals surface area (Å²) in [6.45, 7) is 4.20. The minimum absolute atomic E-state index is 0.163. The molecule has 0 aromatic heterocycles. The van der Waals surface area contributed by atoms with Crippen LogP contribution in [0.15, 0.2) is 0 Å². The van der Waals surface area contributed by atoms with Crippen LogP contribution in [0.25, 0.3) is 0 Å². The monoisotopic (exact) mass is 288 g/mol. The quantitative estimate of drug-likeness (QED) is 0.436. The molecular weight excluding hydrogens is 256 g/mol. The van der Waals surface area contributed by atoms with Crippen molar-refractivity contribution in [3.05, 3.63) is 0 Å². The van der Waals surface area contributed by atoms with Crippen LogP contribution in [0.2, 0.25) is 0 Å². The van der Waals surface area contributed by atoms with Gasteiger partial charge in [-0.25, -0.2) is 4.79 Å². The van der Waals surface area contributed by atoms with Crippen LogP contribution >= 0.6 is 0 Å². The minimum atomic E-state index is -0.883. The van der Waals surface area contributed by atoms with Gasteiger partial charge in [0.05, 0.1) is 0 Å². The van der Waals surface area contributed by atoms with Gasteiger partial charge in [-0.1, -0.05) is 51.4 Å². The molecule has 0 radical (unpaired) electrons. The Morgan fingerprint density at radius 2 is 1.15 bits per heavy atom. The number of carbonyl (C=O) groups is 1. The number of unbranched alkanes of at least 4 members (excludes halogenated alkanes) is 9. The molecule has 0 bridgehead atoms. The zero-order valence-corrected chi connectivity index (χ0v) is 13.1. The number of rotatable bonds is 16. The SMILES string of the molecule is CCOCCCCCCCCCCCCOCC(=O)O. The molecule has 0 rings (SSSR count). The van der Waals surface area contributed by atoms with Crippen molar-refractivity contribution in [1.29, 1.82) is 0 Å². The van der Waals surface area contributed by atoms with E-state index in [1.165, 1.54) is 51.4 Å². The van der Waals surface area contributed by atoms with Crippen molar-refractivity contribution in [3.63, 3.8) is 0 Å². The van der Waals surface area contributed by atoms with Gasteiger partial charge in [0.25, 0.3) is 0 Å². The number of aliphatic carboxylic acids is 1. The molecule has 0 atom stereocenters. The topological polar surface area (TPSA) is 55.8 Å². The molecule has 0 spiro atoms. The molecule has 0 aliphatic rings. The number of hydrogen-bond donors (Lipinski definition) is 1. The third kappa shape index (κ3) is 17.4. The summed E-state index contributed by atoms with van der Waals surface area (Å²) in [6.07, 6.45) is 12.5. The van der Waals surface area contributed by atoms with Crippen molar-refractivity contribution in [1.82, 2.24) is 0 Å². The first-order valence-corrected chi connectivity index (χ1v) is 8.14. The van der Waals surface area contributed by atoms with Crippen LogP contribution in [0, 0.1) is 0 Å². The highest BCUT2D eigenvalue weighted by molar-refractivity contribution is 5.67. The Balaban J connectivity index is 2.94. The molecule has 4 nitrogen and oxygen atoms in total. The number of carboxylic acid groups (broad SMARTS) is 1. The molecule has 0 amide bonds. The van der Waals surface area contributed by atoms with Gasteiger partial charge in [0.1, 0.15) is 6.61 Å². The molecule has 1 N–H and O–H groups in total. The molecule has 0 saturated heterocycles. The standard InChI is InChI=1S/C16H32O4/c1-2-19-13-11-9-7-5-3-4-6-8-10-12-14-20-15-16(17)18/h2-15H2,1H3,(H,17,18). The van der Waals surface area contributed by atoms with Crippen molar-refractivity contribution in [2.45, 2.75) is 71.1 Å². The van der Waals surface area contributed by atoms with E-state index >= 15 is 0 Å². The maximum atomic E-state index is 10.2. The second kappa shape index (κ2) is 16.4. The molecule has 0 aliphatic carbocycles. The largest absolute Gasteiger partial charge is 0.480 e. The molecule has 0 aromatic rings. The van der Waals surface area contributed by atoms with E-state index in [4.69, 9.17) is 14.6 Å². The van der Waals surface area contributed by atoms with Crippen molar-refractivity contribution < 1.29 is 19.4 Å². The summed E-state index contributed by atoms with van der Waals surface area (Å²) in [4.78, 5) is 10.2. The van der Waals surface area contributed by atoms with Crippen LogP contribution in [-0.4, -0.2) is 37.5 Å². The molecule has 0 heterocycles. The highest BCUT2D eigenvalue weighted by Gasteiger charge is 1.96. The van der Waals surface area contributed by atoms with Crippen molar-refractivity contribution in [3.8, 4) is 0 Å². The van der Waals surface area contributed by atoms with Gasteiger partial charge in [-0.15, -0.1) is 0 Å². The molecule has 4 heteroatoms. The third-order valence-electron chi connectivity index (χ3n) is 3.26. The van der Waals surface area contributed by atoms with E-state index in [-0.39, 0.29) is 6.61 Å². The van der Waals surface area contributed by atoms with Gasteiger partial charge >= 0.3 is 5.97 Å². The third-order valence-corrected chi connectivity index (χ3v) is 3.26. The summed E-state index contributed by atoms with van der Waals surface area (Å²) in [5.41, 5.74) is 0. The Bertz CT molecular complexity index is 207. The predicted octanol–water partition coefficient (Wildman–Crippen LogP) is 4.03. The normalized spacial score (nSPS) is 10.8. The number of hydrogen-bond acceptors (Lipinski definition) is 3. The maximum Gasteiger partial charge on any atom is 0.329 e. The lowest BCUT2D eigenvalue weighted by Crippen LogP contribution is -2.07. The van der Waals surface area contributed by atoms with E-state index in [0.29, 0.717) is 6.61 Å². The molecule has 0 aliphatic heterocycles. The van der Waals surface area contributed by atoms with E-state index in [1.807, 2.05) is 6.92 Å². The second-order valence-corrected chi connectivity index (χ2v) is 5.18. The Morgan fingerprint density at radius 3 is 1.55 bits per heavy atom. The van der Waals surface area contributed by atoms with E-state index in [9.17, 15) is 4.79 Å². The first-order valence-electron chi connectivity index (χ1n) is 8.14. The number of ether oxygens (including phenoxy) is 2. The summed E-state index contributed by atoms with van der Waals surface area (Å²) in [7, 11) is 0. The fourth-order valence-corrected chi connectivity index (χ4v) is 2.13. The lowest BCUT2D eigenvalue weighted by atomic mass is 10.1. The average molecular weight is 288 g/mol. The lowest BCUT2D eigenvalue weighted by Gasteiger charge is -2.03. The fraction of sp³-hybridized carbons (Fsp3) is 0.938. The molecule has 0 saturated carbocycles. The molecular formula is C16H32O4. The zero-order valence-electron chi connectivity index (χ0n) is 13.1. The summed E-state index contributed by atoms with van der Waals surface area (Å²) in [5, 5.41) is 8.39. The minimum Gasteiger partial charge on any atom is -0.480 e. The molecule has 20 heavy (non-hydrogen) atoms. The molecule has 120 valence electrons. The van der Waals surface area contributed by atoms with Crippen LogP contribution in [0.1, 0.15) is 71.1 Å². The van der Waals surface area contributed by atoms with Gasteiger partial charge in [0, 0.05) is 19.8 Å². The summed E-state index contributed by atoms with van der Waals surface area (Å²) in [6, 6.07) is 0. The van der Waals surface area contributed by atoms with Crippen molar-refractivity contribution in [2.24, 2.45) is 0 Å². The Labute approximate surface area is 123 Å². The first-order chi connectivity index (χ1) is 9.77. The highest BCUT2D eigenvalue weighted by Crippen LogP contribution is 2.10. The van der Waals surface area contributed by atoms with Gasteiger partial charge in [0.15, 0.2) is 0 Å². The van der Waals surface area contributed by atoms with Crippen LogP contribution in [0.5, 0.6) is 0 Å². The van der Waals surface area contributed by atoms with E-state index in [2.05, 4.69) is 0 Å². The van der Waals surface area contributed by atoms with Crippen LogP contribution in [0.3, 0.4) is 0 Å². The summed E-state index contributed by atoms with van der Waals surface area (Å²) < 4.78 is 10.3. The van der Waals surface area contributed by atoms with E-state index in [0.717, 1.165) is 26.1 Å². The van der Waals surface area contributed by atoms with Gasteiger partial charge in [-0.2, -0.15) is 0 Å². The zero-order chi connectivity index (χ0) is 14.9.